The van der Waals surface area contributed by atoms with E-state index < -0.39 is 10.8 Å². The lowest BCUT2D eigenvalue weighted by Crippen LogP contribution is -2.28. The van der Waals surface area contributed by atoms with E-state index in [-0.39, 0.29) is 0 Å². The molecular weight excluding hydrogens is 1120 g/mol. The molecule has 2 aliphatic carbocycles. The van der Waals surface area contributed by atoms with Crippen LogP contribution in [0.5, 0.6) is 0 Å². The van der Waals surface area contributed by atoms with Gasteiger partial charge >= 0.3 is 0 Å². The Labute approximate surface area is 532 Å². The van der Waals surface area contributed by atoms with Crippen molar-refractivity contribution in [2.75, 3.05) is 0 Å². The van der Waals surface area contributed by atoms with Crippen LogP contribution < -0.4 is 0 Å². The minimum absolute atomic E-state index is 0.606. The molecule has 4 heterocycles. The molecule has 0 saturated carbocycles. The number of benzene rings is 12. The van der Waals surface area contributed by atoms with Crippen LogP contribution >= 0.6 is 0 Å². The molecule has 2 aliphatic rings. The fraction of sp³-hybridized carbons (Fsp3) is 0.0233. The predicted molar refractivity (Wildman–Crippen MR) is 370 cm³/mol. The van der Waals surface area contributed by atoms with Crippen LogP contribution in [-0.2, 0) is 10.8 Å². The first kappa shape index (κ1) is 53.0. The van der Waals surface area contributed by atoms with E-state index in [2.05, 4.69) is 255 Å². The Morgan fingerprint density at radius 1 is 0.239 bits per heavy atom. The van der Waals surface area contributed by atoms with Crippen LogP contribution in [0, 0.1) is 0 Å². The van der Waals surface area contributed by atoms with Gasteiger partial charge in [-0.3, -0.25) is 4.98 Å². The molecule has 6 nitrogen and oxygen atoms in total. The van der Waals surface area contributed by atoms with E-state index in [1.165, 1.54) is 66.8 Å². The molecule has 4 aromatic heterocycles. The number of oxazole rings is 2. The van der Waals surface area contributed by atoms with Gasteiger partial charge in [0.2, 0.25) is 11.8 Å². The maximum absolute atomic E-state index is 6.21. The van der Waals surface area contributed by atoms with Gasteiger partial charge in [-0.1, -0.05) is 224 Å². The number of hydrogen-bond acceptors (Lipinski definition) is 6. The summed E-state index contributed by atoms with van der Waals surface area (Å²) in [6.07, 6.45) is 1.84. The highest BCUT2D eigenvalue weighted by Crippen LogP contribution is 2.60. The second-order valence-corrected chi connectivity index (χ2v) is 23.9. The van der Waals surface area contributed by atoms with Crippen LogP contribution in [0.15, 0.2) is 337 Å². The van der Waals surface area contributed by atoms with E-state index >= 15 is 0 Å². The van der Waals surface area contributed by atoms with E-state index in [1.54, 1.807) is 0 Å². The minimum Gasteiger partial charge on any atom is -0.436 e. The van der Waals surface area contributed by atoms with Crippen molar-refractivity contribution in [2.24, 2.45) is 0 Å². The van der Waals surface area contributed by atoms with Crippen LogP contribution in [0.2, 0.25) is 0 Å². The van der Waals surface area contributed by atoms with Gasteiger partial charge in [-0.25, -0.2) is 15.0 Å². The van der Waals surface area contributed by atoms with Crippen molar-refractivity contribution in [1.82, 2.24) is 19.9 Å². The van der Waals surface area contributed by atoms with Gasteiger partial charge in [-0.2, -0.15) is 0 Å². The molecule has 6 heteroatoms. The van der Waals surface area contributed by atoms with Crippen molar-refractivity contribution in [3.8, 4) is 101 Å². The van der Waals surface area contributed by atoms with Crippen molar-refractivity contribution in [3.05, 3.63) is 372 Å². The van der Waals surface area contributed by atoms with Crippen LogP contribution in [0.4, 0.5) is 0 Å². The summed E-state index contributed by atoms with van der Waals surface area (Å²) >= 11 is 0. The second kappa shape index (κ2) is 21.3. The first-order valence-electron chi connectivity index (χ1n) is 31.2. The molecule has 430 valence electrons. The van der Waals surface area contributed by atoms with Crippen molar-refractivity contribution < 1.29 is 8.83 Å². The number of pyridine rings is 2. The van der Waals surface area contributed by atoms with Crippen LogP contribution in [-0.4, -0.2) is 19.9 Å². The fourth-order valence-corrected chi connectivity index (χ4v) is 14.8. The van der Waals surface area contributed by atoms with Gasteiger partial charge in [0.1, 0.15) is 11.0 Å². The third-order valence-electron chi connectivity index (χ3n) is 19.0. The molecule has 0 saturated heterocycles. The van der Waals surface area contributed by atoms with Crippen molar-refractivity contribution in [1.29, 1.82) is 0 Å². The Bertz CT molecular complexity index is 5340. The highest BCUT2D eigenvalue weighted by atomic mass is 16.4. The van der Waals surface area contributed by atoms with Gasteiger partial charge in [-0.05, 0) is 192 Å². The Kier molecular flexibility index (Phi) is 12.3. The number of para-hydroxylation sites is 4. The van der Waals surface area contributed by atoms with Gasteiger partial charge < -0.3 is 8.83 Å². The number of nitrogens with zero attached hydrogens (tertiary/aromatic N) is 4. The number of hydrogen-bond donors (Lipinski definition) is 0. The van der Waals surface area contributed by atoms with Gasteiger partial charge in [0, 0.05) is 28.5 Å². The molecule has 12 aromatic carbocycles. The van der Waals surface area contributed by atoms with E-state index in [4.69, 9.17) is 28.8 Å². The molecule has 0 spiro atoms. The maximum atomic E-state index is 6.21. The third-order valence-corrected chi connectivity index (χ3v) is 19.0. The van der Waals surface area contributed by atoms with Gasteiger partial charge in [-0.15, -0.1) is 0 Å². The second-order valence-electron chi connectivity index (χ2n) is 23.9. The summed E-state index contributed by atoms with van der Waals surface area (Å²) in [5.74, 6) is 1.21. The highest BCUT2D eigenvalue weighted by molar-refractivity contribution is 5.95. The lowest BCUT2D eigenvalue weighted by atomic mass is 9.67. The molecule has 92 heavy (non-hydrogen) atoms. The van der Waals surface area contributed by atoms with E-state index in [0.29, 0.717) is 11.8 Å². The molecule has 0 unspecified atom stereocenters. The summed E-state index contributed by atoms with van der Waals surface area (Å²) in [4.78, 5) is 20.2. The predicted octanol–water partition coefficient (Wildman–Crippen LogP) is 21.2. The average molecular weight is 1180 g/mol. The first-order valence-corrected chi connectivity index (χ1v) is 31.2. The van der Waals surface area contributed by atoms with E-state index in [1.807, 2.05) is 72.9 Å². The lowest BCUT2D eigenvalue weighted by Gasteiger charge is -2.34. The minimum atomic E-state index is -0.715. The molecular formula is C86H54N4O2. The standard InChI is InChI=1S/C86H54N4O2/c1-5-19-63(20-6-1)85(64-21-7-2-8-22-64)72-51-59(55-32-36-57(37-33-55)83-89-78-28-13-15-30-80(78)91-83)40-44-68(72)70-46-42-61(53-74(70)85)67-48-49-77(76-27-17-18-50-87-76)88-82(67)62-43-47-71-69-45-41-60(56-34-38-58(39-35-56)84-90-79-29-14-16-31-81(79)92-84)52-73(69)86(75(71)54-62,65-23-9-3-10-24-65)66-25-11-4-12-26-66/h1-54H. The highest BCUT2D eigenvalue weighted by Gasteiger charge is 2.48. The topological polar surface area (TPSA) is 77.8 Å². The molecule has 0 atom stereocenters. The summed E-state index contributed by atoms with van der Waals surface area (Å²) in [6.45, 7) is 0. The molecule has 0 radical (unpaired) electrons. The molecule has 16 aromatic rings. The smallest absolute Gasteiger partial charge is 0.227 e. The fourth-order valence-electron chi connectivity index (χ4n) is 14.8. The zero-order valence-corrected chi connectivity index (χ0v) is 49.8. The monoisotopic (exact) mass is 1170 g/mol. The summed E-state index contributed by atoms with van der Waals surface area (Å²) in [5, 5.41) is 0. The Hall–Kier alpha value is -12.1. The molecule has 0 amide bonds. The summed E-state index contributed by atoms with van der Waals surface area (Å²) in [7, 11) is 0. The molecule has 0 N–H and O–H groups in total. The van der Waals surface area contributed by atoms with Crippen LogP contribution in [0.1, 0.15) is 44.5 Å². The first-order chi connectivity index (χ1) is 45.6. The number of aromatic nitrogens is 4. The normalized spacial score (nSPS) is 13.2. The van der Waals surface area contributed by atoms with Crippen molar-refractivity contribution in [2.45, 2.75) is 10.8 Å². The Balaban J connectivity index is 0.806. The van der Waals surface area contributed by atoms with Gasteiger partial charge in [0.15, 0.2) is 11.2 Å². The number of fused-ring (bicyclic) bond motifs is 8. The summed E-state index contributed by atoms with van der Waals surface area (Å²) in [5.41, 5.74) is 28.0. The lowest BCUT2D eigenvalue weighted by molar-refractivity contribution is 0.619. The molecule has 0 bridgehead atoms. The largest absolute Gasteiger partial charge is 0.436 e. The van der Waals surface area contributed by atoms with Crippen LogP contribution in [0.25, 0.3) is 123 Å². The third kappa shape index (κ3) is 8.34. The zero-order chi connectivity index (χ0) is 60.7. The van der Waals surface area contributed by atoms with E-state index in [0.717, 1.165) is 89.4 Å². The summed E-state index contributed by atoms with van der Waals surface area (Å²) < 4.78 is 12.4. The van der Waals surface area contributed by atoms with Crippen molar-refractivity contribution in [3.63, 3.8) is 0 Å². The van der Waals surface area contributed by atoms with Crippen molar-refractivity contribution >= 4 is 22.2 Å². The summed E-state index contributed by atoms with van der Waals surface area (Å²) in [6, 6.07) is 116. The zero-order valence-electron chi connectivity index (χ0n) is 49.8. The maximum Gasteiger partial charge on any atom is 0.227 e. The average Bonchev–Trinajstić information content (AvgIpc) is 1.52. The Morgan fingerprint density at radius 3 is 1.01 bits per heavy atom. The molecule has 0 aliphatic heterocycles. The molecule has 0 fully saturated rings. The quantitative estimate of drug-likeness (QED) is 0.128. The number of rotatable bonds is 11. The Morgan fingerprint density at radius 2 is 0.587 bits per heavy atom. The van der Waals surface area contributed by atoms with E-state index in [9.17, 15) is 0 Å². The van der Waals surface area contributed by atoms with Gasteiger partial charge in [0.05, 0.1) is 27.9 Å². The van der Waals surface area contributed by atoms with Crippen LogP contribution in [0.3, 0.4) is 0 Å². The van der Waals surface area contributed by atoms with Gasteiger partial charge in [0.25, 0.3) is 0 Å². The SMILES string of the molecule is c1ccc(C2(c3ccccc3)c3cc(-c4ccc(-c5nc6ccccc6o5)cc4)ccc3-c3ccc(-c4ccc(-c5ccccn5)nc4-c4ccc5c(c4)C(c4ccccc4)(c4ccccc4)c4cc(-c6ccc(-c7nc8ccccc8o7)cc6)ccc4-5)cc32)cc1. The molecule has 18 rings (SSSR count).